The zero-order valence-corrected chi connectivity index (χ0v) is 19.5. The average molecular weight is 486 g/mol. The maximum Gasteiger partial charge on any atom is 0.244 e. The molecule has 0 N–H and O–H groups in total. The van der Waals surface area contributed by atoms with Gasteiger partial charge in [-0.3, -0.25) is 9.69 Å². The molecule has 1 fully saturated rings. The third kappa shape index (κ3) is 6.33. The van der Waals surface area contributed by atoms with Crippen molar-refractivity contribution in [3.8, 4) is 5.75 Å². The first-order chi connectivity index (χ1) is 14.8. The largest absolute Gasteiger partial charge is 0.492 e. The van der Waals surface area contributed by atoms with Crippen LogP contribution < -0.4 is 4.74 Å². The van der Waals surface area contributed by atoms with Crippen LogP contribution >= 0.6 is 23.2 Å². The third-order valence-electron chi connectivity index (χ3n) is 5.01. The van der Waals surface area contributed by atoms with Crippen molar-refractivity contribution < 1.29 is 17.9 Å². The van der Waals surface area contributed by atoms with E-state index in [0.717, 1.165) is 5.75 Å². The minimum atomic E-state index is -3.68. The second-order valence-corrected chi connectivity index (χ2v) is 10.0. The Balaban J connectivity index is 1.44. The lowest BCUT2D eigenvalue weighted by molar-refractivity contribution is -0.133. The number of halogens is 2. The maximum absolute atomic E-state index is 12.8. The molecule has 0 unspecified atom stereocenters. The van der Waals surface area contributed by atoms with Crippen molar-refractivity contribution in [3.05, 3.63) is 58.6 Å². The van der Waals surface area contributed by atoms with Gasteiger partial charge in [-0.1, -0.05) is 35.3 Å². The van der Waals surface area contributed by atoms with Gasteiger partial charge in [0.2, 0.25) is 15.9 Å². The van der Waals surface area contributed by atoms with E-state index in [-0.39, 0.29) is 35.5 Å². The van der Waals surface area contributed by atoms with Crippen LogP contribution in [0.3, 0.4) is 0 Å². The van der Waals surface area contributed by atoms with Crippen molar-refractivity contribution in [2.75, 3.05) is 52.9 Å². The van der Waals surface area contributed by atoms with Gasteiger partial charge < -0.3 is 9.64 Å². The van der Waals surface area contributed by atoms with Crippen LogP contribution in [0.15, 0.2) is 53.4 Å². The Bertz CT molecular complexity index is 994. The molecular weight excluding hydrogens is 461 g/mol. The van der Waals surface area contributed by atoms with E-state index in [2.05, 4.69) is 0 Å². The highest BCUT2D eigenvalue weighted by atomic mass is 35.5. The van der Waals surface area contributed by atoms with Gasteiger partial charge in [0.15, 0.2) is 0 Å². The van der Waals surface area contributed by atoms with Gasteiger partial charge in [-0.15, -0.1) is 0 Å². The Hall–Kier alpha value is -1.84. The van der Waals surface area contributed by atoms with Gasteiger partial charge in [0.1, 0.15) is 17.3 Å². The van der Waals surface area contributed by atoms with E-state index < -0.39 is 10.0 Å². The molecule has 1 aliphatic heterocycles. The molecule has 1 aliphatic rings. The molecule has 1 amide bonds. The number of rotatable bonds is 8. The summed E-state index contributed by atoms with van der Waals surface area (Å²) in [6.07, 6.45) is 0. The average Bonchev–Trinajstić information content (AvgIpc) is 2.75. The normalized spacial score (nSPS) is 15.3. The van der Waals surface area contributed by atoms with Crippen LogP contribution in [0.4, 0.5) is 0 Å². The highest BCUT2D eigenvalue weighted by Crippen LogP contribution is 2.25. The fourth-order valence-electron chi connectivity index (χ4n) is 3.23. The summed E-state index contributed by atoms with van der Waals surface area (Å²) in [5.41, 5.74) is 0. The number of ether oxygens (including phenoxy) is 1. The number of sulfonamides is 1. The van der Waals surface area contributed by atoms with Gasteiger partial charge in [0.25, 0.3) is 0 Å². The number of benzene rings is 2. The summed E-state index contributed by atoms with van der Waals surface area (Å²) in [6, 6.07) is 13.5. The Labute approximate surface area is 193 Å². The first-order valence-electron chi connectivity index (χ1n) is 9.87. The highest BCUT2D eigenvalue weighted by Gasteiger charge is 2.31. The number of hydrogen-bond donors (Lipinski definition) is 0. The van der Waals surface area contributed by atoms with E-state index in [1.807, 2.05) is 11.9 Å². The summed E-state index contributed by atoms with van der Waals surface area (Å²) in [7, 11) is -1.83. The van der Waals surface area contributed by atoms with E-state index in [1.54, 1.807) is 47.4 Å². The fourth-order valence-corrected chi connectivity index (χ4v) is 5.27. The van der Waals surface area contributed by atoms with E-state index in [9.17, 15) is 13.2 Å². The predicted molar refractivity (Wildman–Crippen MR) is 121 cm³/mol. The molecule has 0 bridgehead atoms. The lowest BCUT2D eigenvalue weighted by Crippen LogP contribution is -2.52. The van der Waals surface area contributed by atoms with Crippen molar-refractivity contribution in [1.82, 2.24) is 14.1 Å². The van der Waals surface area contributed by atoms with Crippen molar-refractivity contribution >= 4 is 39.1 Å². The number of hydrogen-bond acceptors (Lipinski definition) is 5. The van der Waals surface area contributed by atoms with Crippen LogP contribution in [-0.2, 0) is 14.8 Å². The maximum atomic E-state index is 12.8. The quantitative estimate of drug-likeness (QED) is 0.574. The van der Waals surface area contributed by atoms with Gasteiger partial charge in [0.05, 0.1) is 11.6 Å². The first-order valence-corrected chi connectivity index (χ1v) is 12.1. The van der Waals surface area contributed by atoms with Crippen molar-refractivity contribution in [2.45, 2.75) is 4.90 Å². The van der Waals surface area contributed by atoms with E-state index >= 15 is 0 Å². The van der Waals surface area contributed by atoms with Crippen LogP contribution in [0.2, 0.25) is 10.0 Å². The molecule has 0 atom stereocenters. The molecule has 0 aliphatic carbocycles. The predicted octanol–water partition coefficient (Wildman–Crippen LogP) is 2.84. The number of carbonyl (C=O) groups is 1. The smallest absolute Gasteiger partial charge is 0.244 e. The van der Waals surface area contributed by atoms with E-state index in [0.29, 0.717) is 31.3 Å². The minimum Gasteiger partial charge on any atom is -0.492 e. The van der Waals surface area contributed by atoms with Crippen molar-refractivity contribution in [3.63, 3.8) is 0 Å². The van der Waals surface area contributed by atoms with E-state index in [1.165, 1.54) is 10.4 Å². The Morgan fingerprint density at radius 3 is 2.32 bits per heavy atom. The van der Waals surface area contributed by atoms with Crippen molar-refractivity contribution in [1.29, 1.82) is 0 Å². The van der Waals surface area contributed by atoms with Gasteiger partial charge >= 0.3 is 0 Å². The summed E-state index contributed by atoms with van der Waals surface area (Å²) < 4.78 is 32.7. The Kier molecular flexibility index (Phi) is 8.18. The summed E-state index contributed by atoms with van der Waals surface area (Å²) in [5, 5.41) is 0.846. The second-order valence-electron chi connectivity index (χ2n) is 7.26. The molecule has 10 heteroatoms. The monoisotopic (exact) mass is 485 g/mol. The molecule has 7 nitrogen and oxygen atoms in total. The summed E-state index contributed by atoms with van der Waals surface area (Å²) in [4.78, 5) is 16.3. The Morgan fingerprint density at radius 1 is 1.03 bits per heavy atom. The van der Waals surface area contributed by atoms with E-state index in [4.69, 9.17) is 27.9 Å². The lowest BCUT2D eigenvalue weighted by atomic mass is 10.3. The minimum absolute atomic E-state index is 0.0382. The lowest BCUT2D eigenvalue weighted by Gasteiger charge is -2.34. The van der Waals surface area contributed by atoms with Gasteiger partial charge in [-0.25, -0.2) is 8.42 Å². The second kappa shape index (κ2) is 10.7. The topological polar surface area (TPSA) is 70.2 Å². The molecule has 31 heavy (non-hydrogen) atoms. The number of nitrogens with zero attached hydrogens (tertiary/aromatic N) is 3. The molecule has 0 saturated carbocycles. The van der Waals surface area contributed by atoms with Crippen LogP contribution in [0, 0.1) is 0 Å². The number of piperazine rings is 1. The van der Waals surface area contributed by atoms with Gasteiger partial charge in [-0.2, -0.15) is 4.31 Å². The molecule has 0 radical (unpaired) electrons. The zero-order valence-electron chi connectivity index (χ0n) is 17.2. The van der Waals surface area contributed by atoms with Crippen molar-refractivity contribution in [2.24, 2.45) is 0 Å². The number of likely N-dealkylation sites (N-methyl/N-ethyl adjacent to an activating group) is 1. The summed E-state index contributed by atoms with van der Waals surface area (Å²) >= 11 is 11.9. The molecule has 2 aromatic carbocycles. The zero-order chi connectivity index (χ0) is 22.4. The molecule has 1 saturated heterocycles. The molecule has 168 valence electrons. The number of amides is 1. The highest BCUT2D eigenvalue weighted by molar-refractivity contribution is 7.89. The molecule has 3 rings (SSSR count). The first kappa shape index (κ1) is 23.8. The fraction of sp³-hybridized carbons (Fsp3) is 0.381. The number of carbonyl (C=O) groups excluding carboxylic acids is 1. The van der Waals surface area contributed by atoms with Gasteiger partial charge in [-0.05, 0) is 43.4 Å². The molecule has 0 spiro atoms. The molecule has 0 aromatic heterocycles. The molecular formula is C21H25Cl2N3O4S. The Morgan fingerprint density at radius 2 is 1.68 bits per heavy atom. The molecule has 2 aromatic rings. The summed E-state index contributed by atoms with van der Waals surface area (Å²) in [5.74, 6) is 0.684. The van der Waals surface area contributed by atoms with Gasteiger partial charge in [0, 0.05) is 37.7 Å². The molecule has 1 heterocycles. The third-order valence-corrected chi connectivity index (χ3v) is 7.66. The standard InChI is InChI=1S/C21H25Cl2N3O4S/c1-24(14-15-30-18-8-6-17(22)7-9-18)16-21(27)25-10-12-26(13-11-25)31(28,29)20-5-3-2-4-19(20)23/h2-9H,10-16H2,1H3. The summed E-state index contributed by atoms with van der Waals surface area (Å²) in [6.45, 7) is 2.42. The van der Waals surface area contributed by atoms with Crippen LogP contribution in [0.5, 0.6) is 5.75 Å². The van der Waals surface area contributed by atoms with Crippen LogP contribution in [0.1, 0.15) is 0 Å². The SMILES string of the molecule is CN(CCOc1ccc(Cl)cc1)CC(=O)N1CCN(S(=O)(=O)c2ccccc2Cl)CC1. The van der Waals surface area contributed by atoms with Crippen LogP contribution in [-0.4, -0.2) is 81.4 Å². The van der Waals surface area contributed by atoms with Crippen LogP contribution in [0.25, 0.3) is 0 Å².